The molecule has 3 heterocycles. The quantitative estimate of drug-likeness (QED) is 0.842. The molecule has 1 saturated heterocycles. The molecule has 2 aromatic rings. The van der Waals surface area contributed by atoms with Gasteiger partial charge >= 0.3 is 0 Å². The molecule has 2 atom stereocenters. The molecule has 2 aliphatic heterocycles. The summed E-state index contributed by atoms with van der Waals surface area (Å²) in [5.41, 5.74) is 3.00. The highest BCUT2D eigenvalue weighted by atomic mass is 16.2. The summed E-state index contributed by atoms with van der Waals surface area (Å²) in [5, 5.41) is 4.24. The lowest BCUT2D eigenvalue weighted by Gasteiger charge is -2.31. The number of hydrogen-bond donors (Lipinski definition) is 0. The fourth-order valence-electron chi connectivity index (χ4n) is 4.15. The molecule has 0 bridgehead atoms. The van der Waals surface area contributed by atoms with Crippen LogP contribution in [0.3, 0.4) is 0 Å². The van der Waals surface area contributed by atoms with Gasteiger partial charge in [-0.15, -0.1) is 0 Å². The first kappa shape index (κ1) is 15.9. The van der Waals surface area contributed by atoms with Crippen molar-refractivity contribution in [2.75, 3.05) is 11.4 Å². The van der Waals surface area contributed by atoms with Crippen molar-refractivity contribution in [3.8, 4) is 0 Å². The van der Waals surface area contributed by atoms with Gasteiger partial charge in [-0.05, 0) is 24.5 Å². The maximum absolute atomic E-state index is 13.3. The van der Waals surface area contributed by atoms with E-state index in [-0.39, 0.29) is 17.9 Å². The Morgan fingerprint density at radius 2 is 2.04 bits per heavy atom. The number of rotatable bonds is 2. The average molecular weight is 338 g/mol. The van der Waals surface area contributed by atoms with Gasteiger partial charge in [-0.25, -0.2) is 0 Å². The monoisotopic (exact) mass is 338 g/mol. The molecule has 1 aromatic heterocycles. The Hall–Kier alpha value is -2.63. The third-order valence-corrected chi connectivity index (χ3v) is 5.25. The molecule has 0 aliphatic carbocycles. The lowest BCUT2D eigenvalue weighted by Crippen LogP contribution is -2.48. The third-order valence-electron chi connectivity index (χ3n) is 5.25. The zero-order valence-corrected chi connectivity index (χ0v) is 14.6. The second kappa shape index (κ2) is 6.02. The molecule has 2 aliphatic rings. The Labute approximate surface area is 147 Å². The van der Waals surface area contributed by atoms with Gasteiger partial charge in [-0.3, -0.25) is 19.2 Å². The lowest BCUT2D eigenvalue weighted by atomic mass is 10.1. The van der Waals surface area contributed by atoms with E-state index >= 15 is 0 Å². The van der Waals surface area contributed by atoms with Crippen LogP contribution in [0.4, 0.5) is 5.69 Å². The largest absolute Gasteiger partial charge is 0.334 e. The SMILES string of the molecule is CC(=O)N1c2ccccc2C[C@H]1C(=O)N1CCC[C@@H]1c1cnn(C)c1. The number of para-hydroxylation sites is 1. The number of benzene rings is 1. The Kier molecular flexibility index (Phi) is 3.82. The van der Waals surface area contributed by atoms with Gasteiger partial charge in [-0.2, -0.15) is 5.10 Å². The van der Waals surface area contributed by atoms with Gasteiger partial charge in [-0.1, -0.05) is 18.2 Å². The number of likely N-dealkylation sites (tertiary alicyclic amines) is 1. The maximum Gasteiger partial charge on any atom is 0.246 e. The first-order valence-corrected chi connectivity index (χ1v) is 8.73. The Balaban J connectivity index is 1.63. The van der Waals surface area contributed by atoms with Crippen LogP contribution < -0.4 is 4.90 Å². The highest BCUT2D eigenvalue weighted by Gasteiger charge is 2.42. The summed E-state index contributed by atoms with van der Waals surface area (Å²) in [6.45, 7) is 2.27. The molecule has 25 heavy (non-hydrogen) atoms. The Bertz CT molecular complexity index is 828. The van der Waals surface area contributed by atoms with Crippen LogP contribution >= 0.6 is 0 Å². The molecule has 0 unspecified atom stereocenters. The van der Waals surface area contributed by atoms with Gasteiger partial charge in [0.05, 0.1) is 12.2 Å². The normalized spacial score (nSPS) is 22.3. The van der Waals surface area contributed by atoms with E-state index in [1.165, 1.54) is 6.92 Å². The van der Waals surface area contributed by atoms with Gasteiger partial charge < -0.3 is 4.90 Å². The third kappa shape index (κ3) is 2.62. The highest BCUT2D eigenvalue weighted by Crippen LogP contribution is 2.37. The van der Waals surface area contributed by atoms with Gasteiger partial charge in [0.1, 0.15) is 6.04 Å². The van der Waals surface area contributed by atoms with Gasteiger partial charge in [0.15, 0.2) is 0 Å². The van der Waals surface area contributed by atoms with E-state index < -0.39 is 6.04 Å². The number of amides is 2. The first-order valence-electron chi connectivity index (χ1n) is 8.73. The molecule has 0 saturated carbocycles. The summed E-state index contributed by atoms with van der Waals surface area (Å²) in [5.74, 6) is -0.0434. The summed E-state index contributed by atoms with van der Waals surface area (Å²) in [7, 11) is 1.88. The van der Waals surface area contributed by atoms with Crippen molar-refractivity contribution in [1.82, 2.24) is 14.7 Å². The van der Waals surface area contributed by atoms with Crippen molar-refractivity contribution in [2.45, 2.75) is 38.3 Å². The lowest BCUT2D eigenvalue weighted by molar-refractivity contribution is -0.135. The minimum atomic E-state index is -0.438. The fraction of sp³-hybridized carbons (Fsp3) is 0.421. The standard InChI is InChI=1S/C19H22N4O2/c1-13(24)23-17-7-4-3-6-14(17)10-18(23)19(25)22-9-5-8-16(22)15-11-20-21(2)12-15/h3-4,6-7,11-12,16,18H,5,8-10H2,1-2H3/t16-,18+/m1/s1. The van der Waals surface area contributed by atoms with Crippen LogP contribution in [0.25, 0.3) is 0 Å². The number of fused-ring (bicyclic) bond motifs is 1. The molecule has 6 heteroatoms. The second-order valence-electron chi connectivity index (χ2n) is 6.87. The molecule has 0 N–H and O–H groups in total. The van der Waals surface area contributed by atoms with Crippen LogP contribution in [0.2, 0.25) is 0 Å². The topological polar surface area (TPSA) is 58.4 Å². The number of aromatic nitrogens is 2. The predicted octanol–water partition coefficient (Wildman–Crippen LogP) is 2.06. The van der Waals surface area contributed by atoms with Gasteiger partial charge in [0.2, 0.25) is 11.8 Å². The van der Waals surface area contributed by atoms with E-state index in [1.54, 1.807) is 9.58 Å². The summed E-state index contributed by atoms with van der Waals surface area (Å²) < 4.78 is 1.77. The minimum Gasteiger partial charge on any atom is -0.334 e. The predicted molar refractivity (Wildman–Crippen MR) is 94.0 cm³/mol. The molecule has 0 spiro atoms. The summed E-state index contributed by atoms with van der Waals surface area (Å²) in [6.07, 6.45) is 6.32. The second-order valence-corrected chi connectivity index (χ2v) is 6.87. The van der Waals surface area contributed by atoms with E-state index in [2.05, 4.69) is 5.10 Å². The molecule has 1 fully saturated rings. The van der Waals surface area contributed by atoms with E-state index in [0.29, 0.717) is 6.42 Å². The van der Waals surface area contributed by atoms with Gasteiger partial charge in [0.25, 0.3) is 0 Å². The van der Waals surface area contributed by atoms with Gasteiger partial charge in [0, 0.05) is 44.4 Å². The number of hydrogen-bond acceptors (Lipinski definition) is 3. The summed E-state index contributed by atoms with van der Waals surface area (Å²) in [6, 6.07) is 7.41. The van der Waals surface area contributed by atoms with E-state index in [1.807, 2.05) is 48.6 Å². The van der Waals surface area contributed by atoms with Crippen molar-refractivity contribution in [2.24, 2.45) is 7.05 Å². The number of aryl methyl sites for hydroxylation is 1. The average Bonchev–Trinajstić information content (AvgIpc) is 3.30. The first-order chi connectivity index (χ1) is 12.1. The van der Waals surface area contributed by atoms with Crippen molar-refractivity contribution < 1.29 is 9.59 Å². The van der Waals surface area contributed by atoms with Crippen molar-refractivity contribution in [3.63, 3.8) is 0 Å². The molecule has 4 rings (SSSR count). The maximum atomic E-state index is 13.3. The van der Waals surface area contributed by atoms with Crippen LogP contribution in [-0.4, -0.2) is 39.1 Å². The fourth-order valence-corrected chi connectivity index (χ4v) is 4.15. The van der Waals surface area contributed by atoms with Crippen LogP contribution in [0, 0.1) is 0 Å². The summed E-state index contributed by atoms with van der Waals surface area (Å²) in [4.78, 5) is 29.2. The zero-order valence-electron chi connectivity index (χ0n) is 14.6. The number of nitrogens with zero attached hydrogens (tertiary/aromatic N) is 4. The number of anilines is 1. The number of carbonyl (C=O) groups excluding carboxylic acids is 2. The van der Waals surface area contributed by atoms with Crippen LogP contribution in [-0.2, 0) is 23.1 Å². The Morgan fingerprint density at radius 1 is 1.24 bits per heavy atom. The van der Waals surface area contributed by atoms with Crippen molar-refractivity contribution in [3.05, 3.63) is 47.8 Å². The Morgan fingerprint density at radius 3 is 2.76 bits per heavy atom. The zero-order chi connectivity index (χ0) is 17.6. The van der Waals surface area contributed by atoms with Crippen molar-refractivity contribution in [1.29, 1.82) is 0 Å². The molecule has 1 aromatic carbocycles. The highest BCUT2D eigenvalue weighted by molar-refractivity contribution is 6.02. The molecular weight excluding hydrogens is 316 g/mol. The number of carbonyl (C=O) groups is 2. The van der Waals surface area contributed by atoms with Crippen LogP contribution in [0.1, 0.15) is 36.9 Å². The molecule has 6 nitrogen and oxygen atoms in total. The van der Waals surface area contributed by atoms with E-state index in [0.717, 1.165) is 36.2 Å². The molecule has 0 radical (unpaired) electrons. The minimum absolute atomic E-state index is 0.0396. The molecule has 2 amide bonds. The smallest absolute Gasteiger partial charge is 0.246 e. The molecular formula is C19H22N4O2. The van der Waals surface area contributed by atoms with Crippen LogP contribution in [0.15, 0.2) is 36.7 Å². The molecule has 130 valence electrons. The van der Waals surface area contributed by atoms with E-state index in [4.69, 9.17) is 0 Å². The summed E-state index contributed by atoms with van der Waals surface area (Å²) >= 11 is 0. The van der Waals surface area contributed by atoms with Crippen molar-refractivity contribution >= 4 is 17.5 Å². The van der Waals surface area contributed by atoms with Crippen LogP contribution in [0.5, 0.6) is 0 Å². The van der Waals surface area contributed by atoms with E-state index in [9.17, 15) is 9.59 Å².